The number of hydrogen-bond acceptors (Lipinski definition) is 3. The van der Waals surface area contributed by atoms with Crippen LogP contribution in [0.3, 0.4) is 0 Å². The van der Waals surface area contributed by atoms with Crippen molar-refractivity contribution in [2.75, 3.05) is 11.3 Å². The predicted octanol–water partition coefficient (Wildman–Crippen LogP) is 2.74. The van der Waals surface area contributed by atoms with Gasteiger partial charge in [-0.1, -0.05) is 34.8 Å². The van der Waals surface area contributed by atoms with Crippen molar-refractivity contribution in [3.8, 4) is 0 Å². The van der Waals surface area contributed by atoms with Gasteiger partial charge in [-0.05, 0) is 19.1 Å². The highest BCUT2D eigenvalue weighted by atomic mass is 35.5. The smallest absolute Gasteiger partial charge is 0.236 e. The molecule has 0 spiro atoms. The molecule has 1 unspecified atom stereocenters. The van der Waals surface area contributed by atoms with Crippen molar-refractivity contribution < 1.29 is 8.42 Å². The molecule has 4 nitrogen and oxygen atoms in total. The summed E-state index contributed by atoms with van der Waals surface area (Å²) in [5.41, 5.74) is 5.42. The van der Waals surface area contributed by atoms with E-state index in [0.29, 0.717) is 5.02 Å². The molecule has 0 bridgehead atoms. The normalized spacial score (nSPS) is 13.5. The molecule has 17 heavy (non-hydrogen) atoms. The van der Waals surface area contributed by atoms with Crippen LogP contribution in [0.1, 0.15) is 6.92 Å². The van der Waals surface area contributed by atoms with E-state index < -0.39 is 15.3 Å². The van der Waals surface area contributed by atoms with Crippen LogP contribution in [0, 0.1) is 0 Å². The van der Waals surface area contributed by atoms with Crippen molar-refractivity contribution in [3.05, 3.63) is 27.2 Å². The Bertz CT molecular complexity index is 496. The second-order valence-corrected chi connectivity index (χ2v) is 6.79. The Morgan fingerprint density at radius 2 is 1.76 bits per heavy atom. The van der Waals surface area contributed by atoms with E-state index in [1.165, 1.54) is 19.1 Å². The zero-order chi connectivity index (χ0) is 13.2. The summed E-state index contributed by atoms with van der Waals surface area (Å²) in [6.07, 6.45) is 0. The molecule has 96 valence electrons. The van der Waals surface area contributed by atoms with Gasteiger partial charge in [0.05, 0.1) is 21.0 Å². The minimum Gasteiger partial charge on any atom is -0.329 e. The minimum atomic E-state index is -3.61. The highest BCUT2D eigenvalue weighted by Gasteiger charge is 2.21. The highest BCUT2D eigenvalue weighted by molar-refractivity contribution is 7.93. The van der Waals surface area contributed by atoms with Gasteiger partial charge < -0.3 is 5.73 Å². The topological polar surface area (TPSA) is 72.2 Å². The fourth-order valence-corrected chi connectivity index (χ4v) is 2.99. The lowest BCUT2D eigenvalue weighted by Gasteiger charge is -2.15. The lowest BCUT2D eigenvalue weighted by molar-refractivity contribution is 0.589. The molecule has 1 atom stereocenters. The van der Waals surface area contributed by atoms with Crippen molar-refractivity contribution in [1.82, 2.24) is 0 Å². The van der Waals surface area contributed by atoms with E-state index in [1.807, 2.05) is 0 Å². The zero-order valence-corrected chi connectivity index (χ0v) is 12.0. The van der Waals surface area contributed by atoms with Gasteiger partial charge in [0.2, 0.25) is 10.0 Å². The molecule has 1 aromatic rings. The number of anilines is 1. The number of nitrogens with one attached hydrogen (secondary N) is 1. The van der Waals surface area contributed by atoms with Crippen molar-refractivity contribution in [2.45, 2.75) is 12.2 Å². The summed E-state index contributed by atoms with van der Waals surface area (Å²) in [5.74, 6) is 0. The van der Waals surface area contributed by atoms with Crippen molar-refractivity contribution in [2.24, 2.45) is 5.73 Å². The Morgan fingerprint density at radius 3 is 2.18 bits per heavy atom. The largest absolute Gasteiger partial charge is 0.329 e. The summed E-state index contributed by atoms with van der Waals surface area (Å²) < 4.78 is 25.9. The van der Waals surface area contributed by atoms with Gasteiger partial charge in [-0.3, -0.25) is 4.72 Å². The van der Waals surface area contributed by atoms with Gasteiger partial charge in [0.25, 0.3) is 0 Å². The van der Waals surface area contributed by atoms with Crippen LogP contribution in [-0.4, -0.2) is 20.2 Å². The summed E-state index contributed by atoms with van der Waals surface area (Å²) in [7, 11) is -3.61. The molecule has 0 aromatic heterocycles. The first-order valence-corrected chi connectivity index (χ1v) is 7.32. The predicted molar refractivity (Wildman–Crippen MR) is 72.5 cm³/mol. The van der Waals surface area contributed by atoms with Crippen LogP contribution in [0.2, 0.25) is 15.1 Å². The lowest BCUT2D eigenvalue weighted by atomic mass is 10.3. The molecule has 8 heteroatoms. The monoisotopic (exact) mass is 316 g/mol. The number of nitrogens with two attached hydrogens (primary N) is 1. The van der Waals surface area contributed by atoms with E-state index in [9.17, 15) is 8.42 Å². The molecule has 0 aliphatic heterocycles. The average Bonchev–Trinajstić information content (AvgIpc) is 2.22. The summed E-state index contributed by atoms with van der Waals surface area (Å²) in [4.78, 5) is 0. The molecule has 3 N–H and O–H groups in total. The van der Waals surface area contributed by atoms with Crippen LogP contribution in [0.4, 0.5) is 5.69 Å². The van der Waals surface area contributed by atoms with Crippen molar-refractivity contribution >= 4 is 50.5 Å². The van der Waals surface area contributed by atoms with E-state index in [-0.39, 0.29) is 22.3 Å². The second kappa shape index (κ2) is 5.63. The first-order valence-electron chi connectivity index (χ1n) is 4.64. The molecule has 0 aliphatic carbocycles. The molecule has 0 saturated heterocycles. The number of benzene rings is 1. The van der Waals surface area contributed by atoms with Gasteiger partial charge in [0, 0.05) is 11.6 Å². The fourth-order valence-electron chi connectivity index (χ4n) is 1.01. The Morgan fingerprint density at radius 1 is 1.29 bits per heavy atom. The van der Waals surface area contributed by atoms with Gasteiger partial charge in [-0.2, -0.15) is 0 Å². The molecule has 0 saturated carbocycles. The van der Waals surface area contributed by atoms with Crippen LogP contribution in [0.15, 0.2) is 12.1 Å². The Kier molecular flexibility index (Phi) is 4.92. The number of sulfonamides is 1. The summed E-state index contributed by atoms with van der Waals surface area (Å²) in [6.45, 7) is 1.48. The van der Waals surface area contributed by atoms with Gasteiger partial charge in [-0.25, -0.2) is 8.42 Å². The molecule has 1 rings (SSSR count). The summed E-state index contributed by atoms with van der Waals surface area (Å²) in [6, 6.07) is 2.81. The third-order valence-electron chi connectivity index (χ3n) is 2.11. The molecular formula is C9H11Cl3N2O2S. The summed E-state index contributed by atoms with van der Waals surface area (Å²) in [5, 5.41) is -0.147. The Balaban J connectivity index is 3.13. The highest BCUT2D eigenvalue weighted by Crippen LogP contribution is 2.34. The maximum atomic E-state index is 11.8. The number of halogens is 3. The quantitative estimate of drug-likeness (QED) is 0.897. The second-order valence-electron chi connectivity index (χ2n) is 3.44. The van der Waals surface area contributed by atoms with Gasteiger partial charge in [-0.15, -0.1) is 0 Å². The van der Waals surface area contributed by atoms with Gasteiger partial charge >= 0.3 is 0 Å². The maximum Gasteiger partial charge on any atom is 0.236 e. The SMILES string of the molecule is CC(CN)S(=O)(=O)Nc1c(Cl)cc(Cl)cc1Cl. The van der Waals surface area contributed by atoms with E-state index in [0.717, 1.165) is 0 Å². The summed E-state index contributed by atoms with van der Waals surface area (Å²) >= 11 is 17.4. The molecule has 1 aromatic carbocycles. The standard InChI is InChI=1S/C9H11Cl3N2O2S/c1-5(4-13)17(15,16)14-9-7(11)2-6(10)3-8(9)12/h2-3,5,14H,4,13H2,1H3. The first-order chi connectivity index (χ1) is 7.77. The van der Waals surface area contributed by atoms with Crippen LogP contribution in [0.5, 0.6) is 0 Å². The average molecular weight is 318 g/mol. The Hall–Kier alpha value is -0.200. The van der Waals surface area contributed by atoms with Crippen LogP contribution < -0.4 is 10.5 Å². The van der Waals surface area contributed by atoms with E-state index >= 15 is 0 Å². The van der Waals surface area contributed by atoms with Crippen molar-refractivity contribution in [1.29, 1.82) is 0 Å². The third-order valence-corrected chi connectivity index (χ3v) is 4.67. The van der Waals surface area contributed by atoms with Crippen LogP contribution in [0.25, 0.3) is 0 Å². The first kappa shape index (κ1) is 14.9. The number of hydrogen-bond donors (Lipinski definition) is 2. The minimum absolute atomic E-state index is 0.00182. The van der Waals surface area contributed by atoms with Gasteiger partial charge in [0.15, 0.2) is 0 Å². The molecule has 0 fully saturated rings. The van der Waals surface area contributed by atoms with Crippen LogP contribution in [-0.2, 0) is 10.0 Å². The third kappa shape index (κ3) is 3.63. The molecule has 0 amide bonds. The maximum absolute atomic E-state index is 11.8. The Labute approximate surface area is 115 Å². The van der Waals surface area contributed by atoms with Crippen LogP contribution >= 0.6 is 34.8 Å². The molecule has 0 heterocycles. The number of rotatable bonds is 4. The van der Waals surface area contributed by atoms with Gasteiger partial charge in [0.1, 0.15) is 0 Å². The fraction of sp³-hybridized carbons (Fsp3) is 0.333. The van der Waals surface area contributed by atoms with E-state index in [4.69, 9.17) is 40.5 Å². The lowest BCUT2D eigenvalue weighted by Crippen LogP contribution is -2.31. The van der Waals surface area contributed by atoms with E-state index in [2.05, 4.69) is 4.72 Å². The van der Waals surface area contributed by atoms with Crippen molar-refractivity contribution in [3.63, 3.8) is 0 Å². The molecule has 0 aliphatic rings. The molecule has 0 radical (unpaired) electrons. The molecular weight excluding hydrogens is 307 g/mol. The zero-order valence-electron chi connectivity index (χ0n) is 8.88. The van der Waals surface area contributed by atoms with E-state index in [1.54, 1.807) is 0 Å².